The second kappa shape index (κ2) is 9.38. The molecule has 0 bridgehead atoms. The van der Waals surface area contributed by atoms with Gasteiger partial charge in [-0.15, -0.1) is 0 Å². The van der Waals surface area contributed by atoms with Crippen molar-refractivity contribution >= 4 is 11.5 Å². The van der Waals surface area contributed by atoms with Gasteiger partial charge in [0.2, 0.25) is 0 Å². The first-order valence-electron chi connectivity index (χ1n) is 9.27. The maximum Gasteiger partial charge on any atom is 0.118 e. The average Bonchev–Trinajstić information content (AvgIpc) is 2.65. The van der Waals surface area contributed by atoms with Crippen LogP contribution in [0.3, 0.4) is 0 Å². The Hall–Kier alpha value is -2.34. The molecule has 142 valence electrons. The van der Waals surface area contributed by atoms with Crippen molar-refractivity contribution in [2.75, 3.05) is 32.0 Å². The molecule has 1 aliphatic rings. The Bertz CT molecular complexity index is 717. The number of nitrogens with one attached hydrogen (secondary N) is 1. The molecular formula is C20H32N6. The SMILES string of the molecule is CC/C(C)=C(/C(C)=C\C(N)=NC)N1CCc2ncc(NCCN)cc2C1. The molecule has 0 unspecified atom stereocenters. The Labute approximate surface area is 157 Å². The molecule has 26 heavy (non-hydrogen) atoms. The molecular weight excluding hydrogens is 324 g/mol. The maximum absolute atomic E-state index is 5.93. The minimum Gasteiger partial charge on any atom is -0.384 e. The average molecular weight is 357 g/mol. The summed E-state index contributed by atoms with van der Waals surface area (Å²) in [5.41, 5.74) is 18.8. The van der Waals surface area contributed by atoms with E-state index in [4.69, 9.17) is 11.5 Å². The third-order valence-electron chi connectivity index (χ3n) is 4.76. The van der Waals surface area contributed by atoms with Gasteiger partial charge in [0.05, 0.1) is 11.9 Å². The summed E-state index contributed by atoms with van der Waals surface area (Å²) in [6, 6.07) is 2.20. The van der Waals surface area contributed by atoms with Gasteiger partial charge in [-0.3, -0.25) is 9.98 Å². The quantitative estimate of drug-likeness (QED) is 0.396. The lowest BCUT2D eigenvalue weighted by Crippen LogP contribution is -2.32. The van der Waals surface area contributed by atoms with E-state index >= 15 is 0 Å². The van der Waals surface area contributed by atoms with Crippen LogP contribution in [0.1, 0.15) is 38.4 Å². The minimum absolute atomic E-state index is 0.552. The molecule has 6 nitrogen and oxygen atoms in total. The second-order valence-electron chi connectivity index (χ2n) is 6.68. The summed E-state index contributed by atoms with van der Waals surface area (Å²) in [7, 11) is 1.72. The van der Waals surface area contributed by atoms with Gasteiger partial charge in [-0.2, -0.15) is 0 Å². The Kier molecular flexibility index (Phi) is 7.21. The van der Waals surface area contributed by atoms with E-state index in [1.165, 1.54) is 22.5 Å². The summed E-state index contributed by atoms with van der Waals surface area (Å²) >= 11 is 0. The highest BCUT2D eigenvalue weighted by atomic mass is 15.1. The van der Waals surface area contributed by atoms with Crippen LogP contribution >= 0.6 is 0 Å². The number of pyridine rings is 1. The Morgan fingerprint density at radius 1 is 1.42 bits per heavy atom. The van der Waals surface area contributed by atoms with Crippen LogP contribution in [0.25, 0.3) is 0 Å². The number of aromatic nitrogens is 1. The van der Waals surface area contributed by atoms with Crippen LogP contribution in [0.5, 0.6) is 0 Å². The summed E-state index contributed by atoms with van der Waals surface area (Å²) in [6.45, 7) is 9.66. The molecule has 2 heterocycles. The van der Waals surface area contributed by atoms with Crippen molar-refractivity contribution in [2.24, 2.45) is 16.5 Å². The number of hydrogen-bond donors (Lipinski definition) is 3. The third kappa shape index (κ3) is 4.85. The molecule has 6 heteroatoms. The van der Waals surface area contributed by atoms with Gasteiger partial charge >= 0.3 is 0 Å². The van der Waals surface area contributed by atoms with Crippen molar-refractivity contribution in [2.45, 2.75) is 40.2 Å². The first-order chi connectivity index (χ1) is 12.5. The van der Waals surface area contributed by atoms with Crippen molar-refractivity contribution in [1.82, 2.24) is 9.88 Å². The van der Waals surface area contributed by atoms with Gasteiger partial charge in [0.1, 0.15) is 5.84 Å². The number of allylic oxidation sites excluding steroid dienone is 2. The van der Waals surface area contributed by atoms with Crippen LogP contribution in [-0.4, -0.2) is 42.4 Å². The molecule has 0 spiro atoms. The summed E-state index contributed by atoms with van der Waals surface area (Å²) in [4.78, 5) is 11.1. The van der Waals surface area contributed by atoms with Gasteiger partial charge in [-0.25, -0.2) is 0 Å². The van der Waals surface area contributed by atoms with E-state index < -0.39 is 0 Å². The predicted octanol–water partition coefficient (Wildman–Crippen LogP) is 2.43. The Morgan fingerprint density at radius 2 is 2.19 bits per heavy atom. The molecule has 0 radical (unpaired) electrons. The van der Waals surface area contributed by atoms with E-state index in [9.17, 15) is 0 Å². The maximum atomic E-state index is 5.93. The molecule has 5 N–H and O–H groups in total. The summed E-state index contributed by atoms with van der Waals surface area (Å²) in [5.74, 6) is 0.552. The number of rotatable bonds is 7. The summed E-state index contributed by atoms with van der Waals surface area (Å²) in [5, 5.41) is 3.32. The van der Waals surface area contributed by atoms with Crippen LogP contribution in [-0.2, 0) is 13.0 Å². The fourth-order valence-electron chi connectivity index (χ4n) is 3.31. The number of nitrogens with two attached hydrogens (primary N) is 2. The van der Waals surface area contributed by atoms with E-state index in [0.717, 1.165) is 43.7 Å². The van der Waals surface area contributed by atoms with E-state index in [2.05, 4.69) is 47.0 Å². The zero-order chi connectivity index (χ0) is 19.1. The largest absolute Gasteiger partial charge is 0.384 e. The molecule has 0 atom stereocenters. The van der Waals surface area contributed by atoms with Crippen molar-refractivity contribution in [3.05, 3.63) is 46.4 Å². The predicted molar refractivity (Wildman–Crippen MR) is 110 cm³/mol. The van der Waals surface area contributed by atoms with E-state index in [0.29, 0.717) is 12.4 Å². The van der Waals surface area contributed by atoms with Gasteiger partial charge in [-0.1, -0.05) is 6.92 Å². The van der Waals surface area contributed by atoms with Crippen LogP contribution < -0.4 is 16.8 Å². The number of amidine groups is 1. The standard InChI is InChI=1S/C20H32N6/c1-5-14(2)20(15(3)10-19(22)23-4)26-9-6-18-16(13-26)11-17(12-25-18)24-8-7-21/h10-12,24H,5-9,13,21H2,1-4H3,(H2,22,23)/b15-10-,20-14-. The normalized spacial score (nSPS) is 16.3. The van der Waals surface area contributed by atoms with E-state index in [-0.39, 0.29) is 0 Å². The molecule has 0 saturated carbocycles. The highest BCUT2D eigenvalue weighted by molar-refractivity contribution is 5.92. The lowest BCUT2D eigenvalue weighted by Gasteiger charge is -2.34. The zero-order valence-electron chi connectivity index (χ0n) is 16.5. The summed E-state index contributed by atoms with van der Waals surface area (Å²) in [6.07, 6.45) is 5.81. The molecule has 1 aromatic rings. The fraction of sp³-hybridized carbons (Fsp3) is 0.500. The molecule has 0 saturated heterocycles. The van der Waals surface area contributed by atoms with Crippen LogP contribution in [0.15, 0.2) is 40.2 Å². The van der Waals surface area contributed by atoms with Gasteiger partial charge in [0, 0.05) is 51.0 Å². The first-order valence-corrected chi connectivity index (χ1v) is 9.27. The molecule has 0 aliphatic carbocycles. The third-order valence-corrected chi connectivity index (χ3v) is 4.76. The zero-order valence-corrected chi connectivity index (χ0v) is 16.5. The van der Waals surface area contributed by atoms with Crippen molar-refractivity contribution in [3.63, 3.8) is 0 Å². The second-order valence-corrected chi connectivity index (χ2v) is 6.68. The molecule has 0 amide bonds. The fourth-order valence-corrected chi connectivity index (χ4v) is 3.31. The van der Waals surface area contributed by atoms with Gasteiger partial charge < -0.3 is 21.7 Å². The Morgan fingerprint density at radius 3 is 2.85 bits per heavy atom. The highest BCUT2D eigenvalue weighted by Gasteiger charge is 2.21. The monoisotopic (exact) mass is 356 g/mol. The molecule has 1 aliphatic heterocycles. The molecule has 2 rings (SSSR count). The number of anilines is 1. The topological polar surface area (TPSA) is 92.6 Å². The summed E-state index contributed by atoms with van der Waals surface area (Å²) < 4.78 is 0. The van der Waals surface area contributed by atoms with Crippen LogP contribution in [0, 0.1) is 0 Å². The van der Waals surface area contributed by atoms with Crippen LogP contribution in [0.2, 0.25) is 0 Å². The minimum atomic E-state index is 0.552. The van der Waals surface area contributed by atoms with E-state index in [1.807, 2.05) is 12.3 Å². The molecule has 1 aromatic heterocycles. The number of aliphatic imine (C=N–C) groups is 1. The van der Waals surface area contributed by atoms with Crippen molar-refractivity contribution in [1.29, 1.82) is 0 Å². The van der Waals surface area contributed by atoms with Gasteiger partial charge in [0.25, 0.3) is 0 Å². The lowest BCUT2D eigenvalue weighted by molar-refractivity contribution is 0.321. The van der Waals surface area contributed by atoms with Crippen LogP contribution in [0.4, 0.5) is 5.69 Å². The molecule has 0 fully saturated rings. The lowest BCUT2D eigenvalue weighted by atomic mass is 9.99. The Balaban J connectivity index is 2.31. The smallest absolute Gasteiger partial charge is 0.118 e. The number of nitrogens with zero attached hydrogens (tertiary/aromatic N) is 3. The first kappa shape index (κ1) is 20.0. The van der Waals surface area contributed by atoms with Crippen molar-refractivity contribution < 1.29 is 0 Å². The van der Waals surface area contributed by atoms with Gasteiger partial charge in [0.15, 0.2) is 0 Å². The number of fused-ring (bicyclic) bond motifs is 1. The van der Waals surface area contributed by atoms with E-state index in [1.54, 1.807) is 7.05 Å². The molecule has 0 aromatic carbocycles. The van der Waals surface area contributed by atoms with Crippen molar-refractivity contribution in [3.8, 4) is 0 Å². The van der Waals surface area contributed by atoms with Gasteiger partial charge in [-0.05, 0) is 49.1 Å². The number of hydrogen-bond acceptors (Lipinski definition) is 5. The highest BCUT2D eigenvalue weighted by Crippen LogP contribution is 2.28.